The van der Waals surface area contributed by atoms with Crippen molar-refractivity contribution in [1.82, 2.24) is 5.32 Å². The van der Waals surface area contributed by atoms with Crippen LogP contribution in [0.5, 0.6) is 0 Å². The van der Waals surface area contributed by atoms with Crippen LogP contribution in [0.4, 0.5) is 0 Å². The van der Waals surface area contributed by atoms with Crippen LogP contribution in [0, 0.1) is 0 Å². The van der Waals surface area contributed by atoms with Crippen molar-refractivity contribution in [3.63, 3.8) is 0 Å². The van der Waals surface area contributed by atoms with Crippen LogP contribution in [0.2, 0.25) is 0 Å². The van der Waals surface area contributed by atoms with Gasteiger partial charge >= 0.3 is 0 Å². The summed E-state index contributed by atoms with van der Waals surface area (Å²) >= 11 is 0. The smallest absolute Gasteiger partial charge is 0.220 e. The third-order valence-electron chi connectivity index (χ3n) is 19.2. The van der Waals surface area contributed by atoms with Gasteiger partial charge in [-0.2, -0.15) is 0 Å². The lowest BCUT2D eigenvalue weighted by atomic mass is 9.96. The maximum Gasteiger partial charge on any atom is 0.220 e. The van der Waals surface area contributed by atoms with Gasteiger partial charge in [-0.1, -0.05) is 273 Å². The minimum absolute atomic E-state index is 0.233. The van der Waals surface area contributed by atoms with Crippen LogP contribution in [-0.2, 0) is 33.2 Å². The molecule has 0 spiro atoms. The van der Waals surface area contributed by atoms with Gasteiger partial charge in [0.1, 0.15) is 73.2 Å². The van der Waals surface area contributed by atoms with Crippen molar-refractivity contribution in [3.8, 4) is 0 Å². The number of ether oxygens (including phenoxy) is 6. The summed E-state index contributed by atoms with van der Waals surface area (Å²) in [4.78, 5) is 13.4. The highest BCUT2D eigenvalue weighted by molar-refractivity contribution is 5.76. The second-order valence-electron chi connectivity index (χ2n) is 27.8. The highest BCUT2D eigenvalue weighted by Crippen LogP contribution is 2.33. The average Bonchev–Trinajstić information content (AvgIpc) is 0.785. The van der Waals surface area contributed by atoms with Crippen molar-refractivity contribution in [2.45, 2.75) is 394 Å². The first-order valence-corrected chi connectivity index (χ1v) is 39.2. The molecule has 0 radical (unpaired) electrons. The molecule has 17 unspecified atom stereocenters. The molecule has 3 fully saturated rings. The van der Waals surface area contributed by atoms with Crippen molar-refractivity contribution in [3.05, 3.63) is 72.9 Å². The van der Waals surface area contributed by atoms with Crippen molar-refractivity contribution in [2.24, 2.45) is 0 Å². The molecule has 17 atom stereocenters. The Morgan fingerprint density at radius 3 is 1.10 bits per heavy atom. The Bertz CT molecular complexity index is 2050. The molecule has 0 bridgehead atoms. The van der Waals surface area contributed by atoms with Gasteiger partial charge in [-0.25, -0.2) is 0 Å². The van der Waals surface area contributed by atoms with Gasteiger partial charge in [0.05, 0.1) is 38.6 Å². The molecule has 3 aliphatic rings. The van der Waals surface area contributed by atoms with Gasteiger partial charge in [0.25, 0.3) is 0 Å². The third-order valence-corrected chi connectivity index (χ3v) is 19.2. The lowest BCUT2D eigenvalue weighted by molar-refractivity contribution is -0.379. The second-order valence-corrected chi connectivity index (χ2v) is 27.8. The Morgan fingerprint density at radius 1 is 0.367 bits per heavy atom. The van der Waals surface area contributed by atoms with Crippen LogP contribution >= 0.6 is 0 Å². The number of aliphatic hydroxyl groups excluding tert-OH is 11. The molecule has 3 saturated heterocycles. The molecule has 3 heterocycles. The van der Waals surface area contributed by atoms with Gasteiger partial charge in [-0.15, -0.1) is 0 Å². The van der Waals surface area contributed by atoms with E-state index in [1.165, 1.54) is 199 Å². The molecular weight excluding hydrogens is 1250 g/mol. The molecule has 12 N–H and O–H groups in total. The fraction of sp³-hybridized carbons (Fsp3) is 0.835. The minimum Gasteiger partial charge on any atom is -0.394 e. The number of rotatable bonds is 61. The van der Waals surface area contributed by atoms with Gasteiger partial charge in [0, 0.05) is 6.42 Å². The van der Waals surface area contributed by atoms with E-state index in [1.54, 1.807) is 6.08 Å². The number of aliphatic hydroxyl groups is 11. The van der Waals surface area contributed by atoms with E-state index >= 15 is 0 Å². The van der Waals surface area contributed by atoms with Gasteiger partial charge in [-0.3, -0.25) is 4.79 Å². The molecule has 3 aliphatic heterocycles. The fourth-order valence-corrected chi connectivity index (χ4v) is 12.9. The number of carbonyl (C=O) groups excluding carboxylic acids is 1. The van der Waals surface area contributed by atoms with Crippen LogP contribution in [0.15, 0.2) is 72.9 Å². The standard InChI is InChI=1S/C79H141NO18/c1-3-5-7-9-11-13-15-17-19-20-21-22-23-24-25-26-27-28-29-30-31-32-33-34-35-36-37-38-39-40-41-42-43-45-47-49-51-53-55-57-67(85)80-62(63(84)56-54-52-50-48-46-44-18-16-14-12-10-8-6-4-2)61-93-77-73(91)70(88)75(65(59-82)95-77)98-79-74(92)71(89)76(66(60-83)96-79)97-78-72(90)69(87)68(86)64(58-81)94-78/h14-17,20-21,23-24,46,48,54,56,62-66,68-79,81-84,86-92H,3-13,18-19,22,25-45,47,49-53,55,57-61H2,1-2H3,(H,80,85)/b16-14+,17-15-,21-20-,24-23-,48-46+,56-54+. The Morgan fingerprint density at radius 2 is 0.684 bits per heavy atom. The van der Waals surface area contributed by atoms with Gasteiger partial charge < -0.3 is 89.9 Å². The van der Waals surface area contributed by atoms with Crippen LogP contribution in [0.1, 0.15) is 290 Å². The topological polar surface area (TPSA) is 307 Å². The first kappa shape index (κ1) is 89.4. The van der Waals surface area contributed by atoms with Gasteiger partial charge in [-0.05, 0) is 83.5 Å². The molecule has 0 aromatic carbocycles. The molecule has 570 valence electrons. The van der Waals surface area contributed by atoms with E-state index < -0.39 is 124 Å². The molecule has 0 aromatic rings. The zero-order chi connectivity index (χ0) is 71.1. The number of unbranched alkanes of at least 4 members (excludes halogenated alkanes) is 35. The Kier molecular flexibility index (Phi) is 54.4. The molecule has 98 heavy (non-hydrogen) atoms. The van der Waals surface area contributed by atoms with Crippen molar-refractivity contribution in [1.29, 1.82) is 0 Å². The summed E-state index contributed by atoms with van der Waals surface area (Å²) < 4.78 is 34.3. The minimum atomic E-state index is -1.98. The summed E-state index contributed by atoms with van der Waals surface area (Å²) in [6.45, 7) is 1.68. The molecule has 0 aromatic heterocycles. The molecule has 1 amide bonds. The summed E-state index contributed by atoms with van der Waals surface area (Å²) in [5, 5.41) is 121. The van der Waals surface area contributed by atoms with Crippen LogP contribution < -0.4 is 5.32 Å². The van der Waals surface area contributed by atoms with Crippen molar-refractivity contribution < 1.29 is 89.4 Å². The summed E-state index contributed by atoms with van der Waals surface area (Å²) in [5.74, 6) is -0.288. The highest BCUT2D eigenvalue weighted by Gasteiger charge is 2.53. The molecular formula is C79H141NO18. The predicted molar refractivity (Wildman–Crippen MR) is 388 cm³/mol. The number of nitrogens with one attached hydrogen (secondary N) is 1. The summed E-state index contributed by atoms with van der Waals surface area (Å²) in [6.07, 6.45) is 50.7. The summed E-state index contributed by atoms with van der Waals surface area (Å²) in [5.41, 5.74) is 0. The first-order chi connectivity index (χ1) is 47.8. The van der Waals surface area contributed by atoms with Crippen LogP contribution in [0.25, 0.3) is 0 Å². The van der Waals surface area contributed by atoms with Crippen molar-refractivity contribution in [2.75, 3.05) is 26.4 Å². The maximum atomic E-state index is 13.4. The van der Waals surface area contributed by atoms with Crippen LogP contribution in [-0.4, -0.2) is 193 Å². The lowest BCUT2D eigenvalue weighted by Crippen LogP contribution is -2.66. The molecule has 19 nitrogen and oxygen atoms in total. The second kappa shape index (κ2) is 59.6. The van der Waals surface area contributed by atoms with E-state index in [4.69, 9.17) is 28.4 Å². The van der Waals surface area contributed by atoms with Gasteiger partial charge in [0.15, 0.2) is 18.9 Å². The highest BCUT2D eigenvalue weighted by atomic mass is 16.8. The van der Waals surface area contributed by atoms with Gasteiger partial charge in [0.2, 0.25) is 5.91 Å². The summed E-state index contributed by atoms with van der Waals surface area (Å²) in [7, 11) is 0. The molecule has 3 rings (SSSR count). The monoisotopic (exact) mass is 1390 g/mol. The number of hydrogen-bond acceptors (Lipinski definition) is 18. The van der Waals surface area contributed by atoms with Crippen LogP contribution in [0.3, 0.4) is 0 Å². The quantitative estimate of drug-likeness (QED) is 0.0199. The zero-order valence-corrected chi connectivity index (χ0v) is 60.8. The lowest BCUT2D eigenvalue weighted by Gasteiger charge is -2.48. The van der Waals surface area contributed by atoms with E-state index in [-0.39, 0.29) is 18.9 Å². The number of allylic oxidation sites excluding steroid dienone is 11. The fourth-order valence-electron chi connectivity index (χ4n) is 12.9. The maximum absolute atomic E-state index is 13.4. The number of carbonyl (C=O) groups is 1. The van der Waals surface area contributed by atoms with E-state index in [2.05, 4.69) is 79.9 Å². The molecule has 0 aliphatic carbocycles. The normalized spacial score (nSPS) is 27.1. The largest absolute Gasteiger partial charge is 0.394 e. The van der Waals surface area contributed by atoms with E-state index in [0.29, 0.717) is 12.8 Å². The SMILES string of the molecule is CCCCCC/C=C/CC/C=C/CC/C=C/C(O)C(COC1OC(CO)C(OC2OC(CO)C(OC3OC(CO)C(O)C(O)C3O)C(O)C2O)C(O)C1O)NC(=O)CCCCCCCCCCCCCCCCCCCCCCCCCC/C=C\C/C=C\C/C=C\CCCCCCC. The van der Waals surface area contributed by atoms with E-state index in [1.807, 2.05) is 6.08 Å². The van der Waals surface area contributed by atoms with Crippen molar-refractivity contribution >= 4 is 5.91 Å². The first-order valence-electron chi connectivity index (χ1n) is 39.2. The average molecular weight is 1390 g/mol. The summed E-state index contributed by atoms with van der Waals surface area (Å²) in [6, 6.07) is -0.997. The Labute approximate surface area is 591 Å². The predicted octanol–water partition coefficient (Wildman–Crippen LogP) is 12.4. The Balaban J connectivity index is 1.30. The number of amides is 1. The van der Waals surface area contributed by atoms with E-state index in [0.717, 1.165) is 57.8 Å². The Hall–Kier alpha value is -2.77. The van der Waals surface area contributed by atoms with E-state index in [9.17, 15) is 61.0 Å². The third kappa shape index (κ3) is 39.8. The molecule has 19 heteroatoms. The zero-order valence-electron chi connectivity index (χ0n) is 60.8. The number of hydrogen-bond donors (Lipinski definition) is 12. The molecule has 0 saturated carbocycles.